The van der Waals surface area contributed by atoms with Crippen LogP contribution in [0.1, 0.15) is 97.9 Å². The second-order valence-electron chi connectivity index (χ2n) is 14.0. The molecule has 12 heteroatoms. The number of nitrogens with one attached hydrogen (secondary N) is 4. The Morgan fingerprint density at radius 2 is 1.54 bits per heavy atom. The highest BCUT2D eigenvalue weighted by atomic mass is 16.6. The molecule has 12 nitrogen and oxygen atoms in total. The van der Waals surface area contributed by atoms with E-state index in [9.17, 15) is 24.3 Å². The van der Waals surface area contributed by atoms with Gasteiger partial charge in [-0.1, -0.05) is 46.8 Å². The number of aliphatic hydroxyl groups is 1. The van der Waals surface area contributed by atoms with E-state index in [0.29, 0.717) is 37.4 Å². The second kappa shape index (κ2) is 21.6. The van der Waals surface area contributed by atoms with E-state index in [1.54, 1.807) is 53.0 Å². The summed E-state index contributed by atoms with van der Waals surface area (Å²) in [4.78, 5) is 51.9. The number of carbonyl (C=O) groups excluding carboxylic acids is 4. The fourth-order valence-corrected chi connectivity index (χ4v) is 5.23. The van der Waals surface area contributed by atoms with E-state index in [4.69, 9.17) is 14.2 Å². The molecule has 0 fully saturated rings. The predicted molar refractivity (Wildman–Crippen MR) is 187 cm³/mol. The summed E-state index contributed by atoms with van der Waals surface area (Å²) in [6.07, 6.45) is 0.585. The summed E-state index contributed by atoms with van der Waals surface area (Å²) < 4.78 is 16.5. The summed E-state index contributed by atoms with van der Waals surface area (Å²) in [7, 11) is 3.17. The molecule has 0 heterocycles. The van der Waals surface area contributed by atoms with Gasteiger partial charge in [-0.2, -0.15) is 0 Å². The molecule has 0 saturated carbocycles. The van der Waals surface area contributed by atoms with Crippen LogP contribution < -0.4 is 26.0 Å². The summed E-state index contributed by atoms with van der Waals surface area (Å²) in [5.74, 6) is -1.32. The highest BCUT2D eigenvalue weighted by molar-refractivity contribution is 5.96. The molecule has 4 amide bonds. The molecule has 0 aliphatic heterocycles. The maximum Gasteiger partial charge on any atom is 0.407 e. The number of benzene rings is 1. The fourth-order valence-electron chi connectivity index (χ4n) is 5.23. The maximum atomic E-state index is 13.3. The summed E-state index contributed by atoms with van der Waals surface area (Å²) in [5, 5.41) is 22.8. The number of likely N-dealkylation sites (N-methyl/N-ethyl adjacent to an activating group) is 1. The largest absolute Gasteiger partial charge is 0.493 e. The molecule has 5 unspecified atom stereocenters. The molecule has 0 aliphatic carbocycles. The number of unbranched alkanes of at least 4 members (excludes halogenated alkanes) is 1. The van der Waals surface area contributed by atoms with Crippen molar-refractivity contribution in [3.63, 3.8) is 0 Å². The van der Waals surface area contributed by atoms with Crippen molar-refractivity contribution < 1.29 is 38.5 Å². The van der Waals surface area contributed by atoms with Crippen molar-refractivity contribution in [2.24, 2.45) is 23.7 Å². The Balaban J connectivity index is 3.16. The first-order valence-corrected chi connectivity index (χ1v) is 17.2. The summed E-state index contributed by atoms with van der Waals surface area (Å²) >= 11 is 0. The molecular weight excluding hydrogens is 616 g/mol. The zero-order valence-corrected chi connectivity index (χ0v) is 30.8. The van der Waals surface area contributed by atoms with E-state index in [0.717, 1.165) is 12.8 Å². The summed E-state index contributed by atoms with van der Waals surface area (Å²) in [6.45, 7) is 16.2. The van der Waals surface area contributed by atoms with Gasteiger partial charge >= 0.3 is 6.09 Å². The topological polar surface area (TPSA) is 164 Å². The van der Waals surface area contributed by atoms with Crippen molar-refractivity contribution in [2.75, 3.05) is 33.9 Å². The molecule has 0 bridgehead atoms. The summed E-state index contributed by atoms with van der Waals surface area (Å²) in [5.41, 5.74) is -0.345. The van der Waals surface area contributed by atoms with Crippen molar-refractivity contribution in [1.82, 2.24) is 21.3 Å². The molecular formula is C36H62N4O8. The molecule has 1 aromatic carbocycles. The number of carbonyl (C=O) groups is 4. The lowest BCUT2D eigenvalue weighted by Gasteiger charge is -2.33. The monoisotopic (exact) mass is 678 g/mol. The standard InChI is InChI=1S/C36H62N4O8/c1-11-28(34(44)37-9)39-33(43)27(24(4)5)21-30(41)29(40-35(45)48-36(6,7)8)20-25(23(2)3)22-38-32(42)26-16-12-13-17-31(26)47-19-15-14-18-46-10/h12-13,16-17,23-25,27-30,41H,11,14-15,18-22H2,1-10H3,(H,37,44)(H,38,42)(H,39,43)(H,40,45). The minimum Gasteiger partial charge on any atom is -0.493 e. The van der Waals surface area contributed by atoms with Crippen molar-refractivity contribution in [1.29, 1.82) is 0 Å². The Bertz CT molecular complexity index is 1140. The molecule has 1 rings (SSSR count). The van der Waals surface area contributed by atoms with Gasteiger partial charge in [0.1, 0.15) is 17.4 Å². The quantitative estimate of drug-likeness (QED) is 0.119. The van der Waals surface area contributed by atoms with E-state index in [-0.39, 0.29) is 48.4 Å². The zero-order valence-electron chi connectivity index (χ0n) is 30.8. The number of amides is 4. The van der Waals surface area contributed by atoms with Crippen LogP contribution in [0.5, 0.6) is 5.75 Å². The fraction of sp³-hybridized carbons (Fsp3) is 0.722. The van der Waals surface area contributed by atoms with Gasteiger partial charge in [0.25, 0.3) is 5.91 Å². The zero-order chi connectivity index (χ0) is 36.4. The minimum absolute atomic E-state index is 0.0421. The van der Waals surface area contributed by atoms with E-state index in [1.807, 2.05) is 33.8 Å². The summed E-state index contributed by atoms with van der Waals surface area (Å²) in [6, 6.07) is 5.59. The number of rotatable bonds is 21. The first-order valence-electron chi connectivity index (χ1n) is 17.2. The highest BCUT2D eigenvalue weighted by Crippen LogP contribution is 2.25. The average molecular weight is 679 g/mol. The van der Waals surface area contributed by atoms with Crippen LogP contribution in [0.15, 0.2) is 24.3 Å². The third kappa shape index (κ3) is 15.7. The van der Waals surface area contributed by atoms with Crippen LogP contribution >= 0.6 is 0 Å². The third-order valence-electron chi connectivity index (χ3n) is 8.25. The van der Waals surface area contributed by atoms with Crippen LogP contribution in [-0.4, -0.2) is 86.6 Å². The molecule has 0 saturated heterocycles. The molecule has 5 N–H and O–H groups in total. The van der Waals surface area contributed by atoms with Crippen LogP contribution in [0, 0.1) is 23.7 Å². The smallest absolute Gasteiger partial charge is 0.407 e. The Kier molecular flexibility index (Phi) is 19.2. The lowest BCUT2D eigenvalue weighted by molar-refractivity contribution is -0.132. The normalized spacial score (nSPS) is 14.8. The van der Waals surface area contributed by atoms with Gasteiger partial charge in [0, 0.05) is 33.2 Å². The van der Waals surface area contributed by atoms with Gasteiger partial charge in [-0.25, -0.2) is 4.79 Å². The lowest BCUT2D eigenvalue weighted by atomic mass is 9.82. The van der Waals surface area contributed by atoms with Gasteiger partial charge in [-0.15, -0.1) is 0 Å². The lowest BCUT2D eigenvalue weighted by Crippen LogP contribution is -2.51. The average Bonchev–Trinajstić information content (AvgIpc) is 3.01. The molecule has 48 heavy (non-hydrogen) atoms. The molecule has 0 aromatic heterocycles. The minimum atomic E-state index is -1.13. The molecule has 0 radical (unpaired) electrons. The Morgan fingerprint density at radius 1 is 0.896 bits per heavy atom. The molecule has 5 atom stereocenters. The SMILES string of the molecule is CCC(NC(=O)C(CC(O)C(CC(CNC(=O)c1ccccc1OCCCCOC)C(C)C)NC(=O)OC(C)(C)C)C(C)C)C(=O)NC. The third-order valence-corrected chi connectivity index (χ3v) is 8.25. The Morgan fingerprint density at radius 3 is 2.10 bits per heavy atom. The van der Waals surface area contributed by atoms with Gasteiger partial charge in [0.15, 0.2) is 0 Å². The number of hydrogen-bond acceptors (Lipinski definition) is 8. The molecule has 1 aromatic rings. The van der Waals surface area contributed by atoms with Gasteiger partial charge in [0.05, 0.1) is 24.3 Å². The van der Waals surface area contributed by atoms with Crippen LogP contribution in [-0.2, 0) is 19.1 Å². The van der Waals surface area contributed by atoms with E-state index >= 15 is 0 Å². The van der Waals surface area contributed by atoms with Crippen LogP contribution in [0.25, 0.3) is 0 Å². The maximum absolute atomic E-state index is 13.3. The number of para-hydroxylation sites is 1. The van der Waals surface area contributed by atoms with Gasteiger partial charge in [0.2, 0.25) is 11.8 Å². The van der Waals surface area contributed by atoms with E-state index in [1.165, 1.54) is 7.05 Å². The van der Waals surface area contributed by atoms with Crippen LogP contribution in [0.2, 0.25) is 0 Å². The van der Waals surface area contributed by atoms with Crippen molar-refractivity contribution in [2.45, 2.75) is 111 Å². The van der Waals surface area contributed by atoms with Crippen molar-refractivity contribution in [3.05, 3.63) is 29.8 Å². The van der Waals surface area contributed by atoms with Crippen LogP contribution in [0.4, 0.5) is 4.79 Å². The molecule has 274 valence electrons. The molecule has 0 spiro atoms. The molecule has 0 aliphatic rings. The van der Waals surface area contributed by atoms with E-state index in [2.05, 4.69) is 21.3 Å². The Hall–Kier alpha value is -3.38. The number of hydrogen-bond donors (Lipinski definition) is 5. The van der Waals surface area contributed by atoms with Crippen molar-refractivity contribution in [3.8, 4) is 5.75 Å². The second-order valence-corrected chi connectivity index (χ2v) is 14.0. The first kappa shape index (κ1) is 42.6. The highest BCUT2D eigenvalue weighted by Gasteiger charge is 2.34. The van der Waals surface area contributed by atoms with Gasteiger partial charge < -0.3 is 40.6 Å². The number of alkyl carbamates (subject to hydrolysis) is 1. The number of methoxy groups -OCH3 is 1. The first-order chi connectivity index (χ1) is 22.5. The number of ether oxygens (including phenoxy) is 3. The van der Waals surface area contributed by atoms with Gasteiger partial charge in [-0.05, 0) is 82.8 Å². The van der Waals surface area contributed by atoms with E-state index < -0.39 is 35.8 Å². The number of aliphatic hydroxyl groups excluding tert-OH is 1. The predicted octanol–water partition coefficient (Wildman–Crippen LogP) is 4.44. The van der Waals surface area contributed by atoms with Gasteiger partial charge in [-0.3, -0.25) is 14.4 Å². The Labute approximate surface area is 287 Å². The van der Waals surface area contributed by atoms with Crippen LogP contribution in [0.3, 0.4) is 0 Å². The van der Waals surface area contributed by atoms with Crippen molar-refractivity contribution >= 4 is 23.8 Å².